The van der Waals surface area contributed by atoms with Crippen molar-refractivity contribution in [2.45, 2.75) is 64.8 Å². The molecule has 122 valence electrons. The van der Waals surface area contributed by atoms with Crippen LogP contribution in [0.2, 0.25) is 0 Å². The molecule has 0 bridgehead atoms. The molecule has 0 aromatic carbocycles. The molecule has 6 heteroatoms. The third-order valence-electron chi connectivity index (χ3n) is 3.61. The molecule has 0 radical (unpaired) electrons. The maximum Gasteiger partial charge on any atom is 0.241 e. The Kier molecular flexibility index (Phi) is 6.84. The topological polar surface area (TPSA) is 72.2 Å². The smallest absolute Gasteiger partial charge is 0.241 e. The first-order valence-corrected chi connectivity index (χ1v) is 9.81. The van der Waals surface area contributed by atoms with Crippen LogP contribution >= 0.6 is 11.3 Å². The Bertz CT molecular complexity index is 548. The van der Waals surface area contributed by atoms with E-state index >= 15 is 0 Å². The summed E-state index contributed by atoms with van der Waals surface area (Å²) in [5.74, 6) is 0. The van der Waals surface area contributed by atoms with Crippen LogP contribution in [0, 0.1) is 12.3 Å². The van der Waals surface area contributed by atoms with Gasteiger partial charge in [-0.25, -0.2) is 13.1 Å². The third kappa shape index (κ3) is 5.70. The molecule has 21 heavy (non-hydrogen) atoms. The number of sulfonamides is 1. The van der Waals surface area contributed by atoms with E-state index < -0.39 is 10.0 Å². The molecule has 3 N–H and O–H groups in total. The van der Waals surface area contributed by atoms with E-state index in [2.05, 4.69) is 25.5 Å². The highest BCUT2D eigenvalue weighted by atomic mass is 32.2. The first-order valence-electron chi connectivity index (χ1n) is 7.51. The van der Waals surface area contributed by atoms with Crippen molar-refractivity contribution in [2.24, 2.45) is 11.1 Å². The van der Waals surface area contributed by atoms with E-state index in [0.717, 1.165) is 22.6 Å². The predicted octanol–water partition coefficient (Wildman–Crippen LogP) is 3.40. The molecule has 1 aromatic heterocycles. The van der Waals surface area contributed by atoms with Crippen LogP contribution in [0.5, 0.6) is 0 Å². The molecule has 1 aromatic rings. The zero-order valence-corrected chi connectivity index (χ0v) is 15.2. The molecule has 1 heterocycles. The standard InChI is InChI=1S/C15H28N2O2S2/c1-5-6-7-8-15(3,4)11-17-21(18,19)14-9-13(10-16)20-12(14)2/h9,17H,5-8,10-11,16H2,1-4H3. The summed E-state index contributed by atoms with van der Waals surface area (Å²) in [6, 6.07) is 1.69. The van der Waals surface area contributed by atoms with Gasteiger partial charge in [0, 0.05) is 22.8 Å². The van der Waals surface area contributed by atoms with Crippen LogP contribution in [-0.4, -0.2) is 15.0 Å². The average Bonchev–Trinajstić information content (AvgIpc) is 2.79. The van der Waals surface area contributed by atoms with Crippen molar-refractivity contribution in [1.29, 1.82) is 0 Å². The Balaban J connectivity index is 2.70. The number of aryl methyl sites for hydroxylation is 1. The fraction of sp³-hybridized carbons (Fsp3) is 0.733. The highest BCUT2D eigenvalue weighted by Crippen LogP contribution is 2.27. The molecule has 0 saturated heterocycles. The maximum atomic E-state index is 12.4. The summed E-state index contributed by atoms with van der Waals surface area (Å²) in [6.07, 6.45) is 4.54. The lowest BCUT2D eigenvalue weighted by Crippen LogP contribution is -2.34. The molecule has 0 aliphatic rings. The summed E-state index contributed by atoms with van der Waals surface area (Å²) in [6.45, 7) is 9.05. The number of thiophene rings is 1. The summed E-state index contributed by atoms with van der Waals surface area (Å²) in [5.41, 5.74) is 5.56. The van der Waals surface area contributed by atoms with Gasteiger partial charge in [0.25, 0.3) is 0 Å². The van der Waals surface area contributed by atoms with Crippen LogP contribution in [0.25, 0.3) is 0 Å². The molecule has 0 spiro atoms. The van der Waals surface area contributed by atoms with E-state index in [-0.39, 0.29) is 5.41 Å². The normalized spacial score (nSPS) is 12.8. The van der Waals surface area contributed by atoms with Crippen LogP contribution in [0.1, 0.15) is 56.2 Å². The van der Waals surface area contributed by atoms with Crippen molar-refractivity contribution in [3.05, 3.63) is 15.8 Å². The molecule has 0 fully saturated rings. The van der Waals surface area contributed by atoms with Crippen molar-refractivity contribution in [3.8, 4) is 0 Å². The fourth-order valence-corrected chi connectivity index (χ4v) is 4.96. The van der Waals surface area contributed by atoms with Crippen molar-refractivity contribution in [2.75, 3.05) is 6.54 Å². The number of hydrogen-bond acceptors (Lipinski definition) is 4. The molecule has 0 saturated carbocycles. The van der Waals surface area contributed by atoms with E-state index in [4.69, 9.17) is 5.73 Å². The van der Waals surface area contributed by atoms with Gasteiger partial charge in [-0.2, -0.15) is 0 Å². The van der Waals surface area contributed by atoms with E-state index in [0.29, 0.717) is 18.0 Å². The van der Waals surface area contributed by atoms with Gasteiger partial charge >= 0.3 is 0 Å². The largest absolute Gasteiger partial charge is 0.326 e. The second-order valence-corrected chi connectivity index (χ2v) is 9.36. The minimum absolute atomic E-state index is 0.0249. The van der Waals surface area contributed by atoms with Crippen LogP contribution < -0.4 is 10.5 Å². The first-order chi connectivity index (χ1) is 9.72. The van der Waals surface area contributed by atoms with Gasteiger partial charge < -0.3 is 5.73 Å². The summed E-state index contributed by atoms with van der Waals surface area (Å²) < 4.78 is 27.6. The average molecular weight is 333 g/mol. The number of hydrogen-bond donors (Lipinski definition) is 2. The summed E-state index contributed by atoms with van der Waals surface area (Å²) >= 11 is 1.45. The summed E-state index contributed by atoms with van der Waals surface area (Å²) in [5, 5.41) is 0. The maximum absolute atomic E-state index is 12.4. The monoisotopic (exact) mass is 332 g/mol. The molecule has 0 aliphatic heterocycles. The minimum Gasteiger partial charge on any atom is -0.326 e. The van der Waals surface area contributed by atoms with E-state index in [1.165, 1.54) is 24.2 Å². The van der Waals surface area contributed by atoms with Gasteiger partial charge in [-0.1, -0.05) is 40.0 Å². The number of rotatable bonds is 9. The molecule has 0 atom stereocenters. The Labute approximate surface area is 133 Å². The lowest BCUT2D eigenvalue weighted by atomic mass is 9.87. The minimum atomic E-state index is -3.44. The van der Waals surface area contributed by atoms with Gasteiger partial charge in [0.2, 0.25) is 10.0 Å². The fourth-order valence-electron chi connectivity index (χ4n) is 2.20. The highest BCUT2D eigenvalue weighted by molar-refractivity contribution is 7.89. The quantitative estimate of drug-likeness (QED) is 0.681. The summed E-state index contributed by atoms with van der Waals surface area (Å²) in [4.78, 5) is 2.07. The molecule has 4 nitrogen and oxygen atoms in total. The van der Waals surface area contributed by atoms with Crippen LogP contribution in [-0.2, 0) is 16.6 Å². The number of nitrogens with one attached hydrogen (secondary N) is 1. The van der Waals surface area contributed by atoms with Gasteiger partial charge in [-0.15, -0.1) is 11.3 Å². The SMILES string of the molecule is CCCCCC(C)(C)CNS(=O)(=O)c1cc(CN)sc1C. The lowest BCUT2D eigenvalue weighted by molar-refractivity contribution is 0.320. The molecule has 0 unspecified atom stereocenters. The van der Waals surface area contributed by atoms with Crippen molar-refractivity contribution in [3.63, 3.8) is 0 Å². The van der Waals surface area contributed by atoms with E-state index in [1.54, 1.807) is 6.07 Å². The zero-order chi connectivity index (χ0) is 16.1. The Hall–Kier alpha value is -0.430. The van der Waals surface area contributed by atoms with E-state index in [9.17, 15) is 8.42 Å². The van der Waals surface area contributed by atoms with Gasteiger partial charge in [0.15, 0.2) is 0 Å². The second kappa shape index (κ2) is 7.72. The Morgan fingerprint density at radius 3 is 2.52 bits per heavy atom. The molecule has 0 aliphatic carbocycles. The highest BCUT2D eigenvalue weighted by Gasteiger charge is 2.24. The summed E-state index contributed by atoms with van der Waals surface area (Å²) in [7, 11) is -3.44. The second-order valence-electron chi connectivity index (χ2n) is 6.28. The zero-order valence-electron chi connectivity index (χ0n) is 13.5. The van der Waals surface area contributed by atoms with Crippen molar-refractivity contribution >= 4 is 21.4 Å². The van der Waals surface area contributed by atoms with Crippen LogP contribution in [0.3, 0.4) is 0 Å². The molecular formula is C15H28N2O2S2. The first kappa shape index (κ1) is 18.6. The lowest BCUT2D eigenvalue weighted by Gasteiger charge is -2.24. The van der Waals surface area contributed by atoms with Gasteiger partial charge in [0.1, 0.15) is 0 Å². The number of nitrogens with two attached hydrogens (primary N) is 1. The van der Waals surface area contributed by atoms with Gasteiger partial charge in [-0.05, 0) is 24.8 Å². The van der Waals surface area contributed by atoms with Crippen molar-refractivity contribution < 1.29 is 8.42 Å². The third-order valence-corrected chi connectivity index (χ3v) is 6.34. The predicted molar refractivity (Wildman–Crippen MR) is 90.1 cm³/mol. The number of unbranched alkanes of at least 4 members (excludes halogenated alkanes) is 2. The van der Waals surface area contributed by atoms with Gasteiger partial charge in [0.05, 0.1) is 4.90 Å². The molecule has 0 amide bonds. The van der Waals surface area contributed by atoms with Crippen LogP contribution in [0.4, 0.5) is 0 Å². The Morgan fingerprint density at radius 2 is 2.00 bits per heavy atom. The van der Waals surface area contributed by atoms with E-state index in [1.807, 2.05) is 6.92 Å². The van der Waals surface area contributed by atoms with Crippen molar-refractivity contribution in [1.82, 2.24) is 4.72 Å². The van der Waals surface area contributed by atoms with Gasteiger partial charge in [-0.3, -0.25) is 0 Å². The molecule has 1 rings (SSSR count). The van der Waals surface area contributed by atoms with Crippen LogP contribution in [0.15, 0.2) is 11.0 Å². The molecular weight excluding hydrogens is 304 g/mol. The Morgan fingerprint density at radius 1 is 1.33 bits per heavy atom.